The molecule has 2 heterocycles. The van der Waals surface area contributed by atoms with E-state index in [4.69, 9.17) is 16.6 Å². The number of amides is 1. The number of likely N-dealkylation sites (tertiary alicyclic amines) is 1. The van der Waals surface area contributed by atoms with E-state index in [-0.39, 0.29) is 17.6 Å². The smallest absolute Gasteiger partial charge is 0.223 e. The number of para-hydroxylation sites is 2. The van der Waals surface area contributed by atoms with Gasteiger partial charge in [-0.25, -0.2) is 9.37 Å². The first-order valence-corrected chi connectivity index (χ1v) is 9.67. The number of aromatic nitrogens is 2. The minimum atomic E-state index is -0.326. The summed E-state index contributed by atoms with van der Waals surface area (Å²) in [7, 11) is 0. The van der Waals surface area contributed by atoms with Crippen LogP contribution in [0.5, 0.6) is 0 Å². The Morgan fingerprint density at radius 2 is 1.96 bits per heavy atom. The van der Waals surface area contributed by atoms with Gasteiger partial charge in [-0.3, -0.25) is 4.79 Å². The minimum Gasteiger partial charge on any atom is -0.339 e. The predicted octanol–water partition coefficient (Wildman–Crippen LogP) is 4.36. The molecule has 6 heteroatoms. The molecule has 0 N–H and O–H groups in total. The van der Waals surface area contributed by atoms with Crippen LogP contribution >= 0.6 is 11.6 Å². The fraction of sp³-hybridized carbons (Fsp3) is 0.333. The molecule has 1 atom stereocenters. The standard InChI is InChI=1S/C21H19ClFN3O/c22-16-4-3-5-17(23)15(16)12-26-19-7-2-1-6-18(19)24-21(26)13-10-20(27)25(11-13)14-8-9-14/h1-7,13-14H,8-12H2. The lowest BCUT2D eigenvalue weighted by Gasteiger charge is -2.17. The van der Waals surface area contributed by atoms with Crippen LogP contribution < -0.4 is 0 Å². The topological polar surface area (TPSA) is 38.1 Å². The molecule has 5 rings (SSSR count). The minimum absolute atomic E-state index is 0.0241. The third-order valence-corrected chi connectivity index (χ3v) is 5.93. The summed E-state index contributed by atoms with van der Waals surface area (Å²) >= 11 is 6.27. The Labute approximate surface area is 161 Å². The molecule has 1 amide bonds. The first-order chi connectivity index (χ1) is 13.1. The van der Waals surface area contributed by atoms with Crippen LogP contribution in [0.4, 0.5) is 4.39 Å². The van der Waals surface area contributed by atoms with E-state index < -0.39 is 0 Å². The molecule has 2 aromatic carbocycles. The van der Waals surface area contributed by atoms with Crippen molar-refractivity contribution in [1.82, 2.24) is 14.5 Å². The number of fused-ring (bicyclic) bond motifs is 1. The first kappa shape index (κ1) is 16.8. The van der Waals surface area contributed by atoms with Gasteiger partial charge in [-0.2, -0.15) is 0 Å². The molecule has 1 aliphatic carbocycles. The van der Waals surface area contributed by atoms with E-state index in [1.165, 1.54) is 6.07 Å². The molecule has 1 saturated heterocycles. The predicted molar refractivity (Wildman–Crippen MR) is 102 cm³/mol. The number of hydrogen-bond acceptors (Lipinski definition) is 2. The van der Waals surface area contributed by atoms with Crippen LogP contribution in [-0.2, 0) is 11.3 Å². The molecule has 0 bridgehead atoms. The van der Waals surface area contributed by atoms with Crippen molar-refractivity contribution in [3.05, 3.63) is 64.7 Å². The SMILES string of the molecule is O=C1CC(c2nc3ccccc3n2Cc2c(F)cccc2Cl)CN1C1CC1. The summed E-state index contributed by atoms with van der Waals surface area (Å²) < 4.78 is 16.4. The third kappa shape index (κ3) is 2.90. The average Bonchev–Trinajstić information content (AvgIpc) is 3.33. The third-order valence-electron chi connectivity index (χ3n) is 5.57. The molecule has 0 spiro atoms. The van der Waals surface area contributed by atoms with Crippen molar-refractivity contribution in [2.75, 3.05) is 6.54 Å². The van der Waals surface area contributed by atoms with Gasteiger partial charge in [0.2, 0.25) is 5.91 Å². The van der Waals surface area contributed by atoms with Crippen LogP contribution in [0.1, 0.15) is 36.6 Å². The van der Waals surface area contributed by atoms with Crippen LogP contribution in [0, 0.1) is 5.82 Å². The van der Waals surface area contributed by atoms with E-state index in [1.54, 1.807) is 12.1 Å². The second-order valence-electron chi connectivity index (χ2n) is 7.42. The van der Waals surface area contributed by atoms with Crippen molar-refractivity contribution in [2.24, 2.45) is 0 Å². The molecule has 4 nitrogen and oxygen atoms in total. The highest BCUT2D eigenvalue weighted by Crippen LogP contribution is 2.37. The van der Waals surface area contributed by atoms with Gasteiger partial charge >= 0.3 is 0 Å². The number of carbonyl (C=O) groups excluding carboxylic acids is 1. The molecule has 1 aromatic heterocycles. The molecule has 3 aromatic rings. The van der Waals surface area contributed by atoms with Crippen molar-refractivity contribution in [1.29, 1.82) is 0 Å². The van der Waals surface area contributed by atoms with Gasteiger partial charge in [0.1, 0.15) is 11.6 Å². The lowest BCUT2D eigenvalue weighted by Crippen LogP contribution is -2.27. The zero-order valence-corrected chi connectivity index (χ0v) is 15.5. The highest BCUT2D eigenvalue weighted by Gasteiger charge is 2.41. The second-order valence-corrected chi connectivity index (χ2v) is 7.83. The van der Waals surface area contributed by atoms with Crippen molar-refractivity contribution < 1.29 is 9.18 Å². The Bertz CT molecular complexity index is 1020. The summed E-state index contributed by atoms with van der Waals surface area (Å²) in [4.78, 5) is 19.2. The summed E-state index contributed by atoms with van der Waals surface area (Å²) in [5, 5.41) is 0.404. The Morgan fingerprint density at radius 1 is 1.15 bits per heavy atom. The second kappa shape index (κ2) is 6.34. The lowest BCUT2D eigenvalue weighted by atomic mass is 10.1. The van der Waals surface area contributed by atoms with Gasteiger partial charge in [-0.05, 0) is 37.1 Å². The van der Waals surface area contributed by atoms with Crippen molar-refractivity contribution >= 4 is 28.5 Å². The number of benzene rings is 2. The molecular formula is C21H19ClFN3O. The normalized spacial score (nSPS) is 20.0. The maximum Gasteiger partial charge on any atom is 0.223 e. The fourth-order valence-corrected chi connectivity index (χ4v) is 4.28. The number of imidazole rings is 1. The highest BCUT2D eigenvalue weighted by atomic mass is 35.5. The van der Waals surface area contributed by atoms with Crippen LogP contribution in [0.3, 0.4) is 0 Å². The van der Waals surface area contributed by atoms with E-state index >= 15 is 0 Å². The number of hydrogen-bond donors (Lipinski definition) is 0. The van der Waals surface area contributed by atoms with Gasteiger partial charge in [0.15, 0.2) is 0 Å². The monoisotopic (exact) mass is 383 g/mol. The molecule has 138 valence electrons. The Kier molecular flexibility index (Phi) is 3.93. The molecule has 2 fully saturated rings. The molecule has 1 saturated carbocycles. The lowest BCUT2D eigenvalue weighted by molar-refractivity contribution is -0.128. The van der Waals surface area contributed by atoms with Crippen LogP contribution in [0.15, 0.2) is 42.5 Å². The molecule has 27 heavy (non-hydrogen) atoms. The molecule has 1 aliphatic heterocycles. The summed E-state index contributed by atoms with van der Waals surface area (Å²) in [5.74, 6) is 0.737. The molecular weight excluding hydrogens is 365 g/mol. The van der Waals surface area contributed by atoms with E-state index in [2.05, 4.69) is 0 Å². The van der Waals surface area contributed by atoms with E-state index in [1.807, 2.05) is 33.7 Å². The zero-order valence-electron chi connectivity index (χ0n) is 14.7. The highest BCUT2D eigenvalue weighted by molar-refractivity contribution is 6.31. The largest absolute Gasteiger partial charge is 0.339 e. The van der Waals surface area contributed by atoms with Crippen LogP contribution in [0.2, 0.25) is 5.02 Å². The molecule has 1 unspecified atom stereocenters. The molecule has 2 aliphatic rings. The van der Waals surface area contributed by atoms with E-state index in [0.717, 1.165) is 29.7 Å². The Morgan fingerprint density at radius 3 is 2.74 bits per heavy atom. The van der Waals surface area contributed by atoms with Crippen molar-refractivity contribution in [3.63, 3.8) is 0 Å². The van der Waals surface area contributed by atoms with Gasteiger partial charge in [0.05, 0.1) is 17.6 Å². The van der Waals surface area contributed by atoms with Gasteiger partial charge in [-0.15, -0.1) is 0 Å². The average molecular weight is 384 g/mol. The van der Waals surface area contributed by atoms with Crippen molar-refractivity contribution in [2.45, 2.75) is 37.8 Å². The summed E-state index contributed by atoms with van der Waals surface area (Å²) in [6, 6.07) is 13.0. The Hall–Kier alpha value is -2.40. The number of rotatable bonds is 4. The summed E-state index contributed by atoms with van der Waals surface area (Å²) in [6.07, 6.45) is 2.66. The van der Waals surface area contributed by atoms with Gasteiger partial charge in [0, 0.05) is 35.5 Å². The van der Waals surface area contributed by atoms with Gasteiger partial charge in [0.25, 0.3) is 0 Å². The van der Waals surface area contributed by atoms with E-state index in [9.17, 15) is 9.18 Å². The first-order valence-electron chi connectivity index (χ1n) is 9.29. The van der Waals surface area contributed by atoms with Gasteiger partial charge < -0.3 is 9.47 Å². The maximum absolute atomic E-state index is 14.4. The number of carbonyl (C=O) groups is 1. The van der Waals surface area contributed by atoms with Crippen molar-refractivity contribution in [3.8, 4) is 0 Å². The zero-order chi connectivity index (χ0) is 18.5. The number of nitrogens with zero attached hydrogens (tertiary/aromatic N) is 3. The number of halogens is 2. The quantitative estimate of drug-likeness (QED) is 0.671. The fourth-order valence-electron chi connectivity index (χ4n) is 4.06. The Balaban J connectivity index is 1.58. The maximum atomic E-state index is 14.4. The van der Waals surface area contributed by atoms with Crippen LogP contribution in [-0.4, -0.2) is 32.9 Å². The summed E-state index contributed by atoms with van der Waals surface area (Å²) in [6.45, 7) is 0.993. The van der Waals surface area contributed by atoms with Crippen LogP contribution in [0.25, 0.3) is 11.0 Å². The molecule has 0 radical (unpaired) electrons. The van der Waals surface area contributed by atoms with E-state index in [0.29, 0.717) is 36.1 Å². The summed E-state index contributed by atoms with van der Waals surface area (Å²) in [5.41, 5.74) is 2.24. The van der Waals surface area contributed by atoms with Gasteiger partial charge in [-0.1, -0.05) is 29.8 Å².